The molecule has 1 fully saturated rings. The first kappa shape index (κ1) is 13.8. The normalized spacial score (nSPS) is 15.7. The van der Waals surface area contributed by atoms with E-state index < -0.39 is 0 Å². The van der Waals surface area contributed by atoms with E-state index in [1.165, 1.54) is 18.9 Å². The monoisotopic (exact) mass is 281 g/mol. The predicted molar refractivity (Wildman–Crippen MR) is 70.7 cm³/mol. The quantitative estimate of drug-likeness (QED) is 0.650. The number of hydrogen-bond acceptors (Lipinski definition) is 6. The number of aromatic nitrogens is 2. The molecule has 0 radical (unpaired) electrons. The second-order valence-corrected chi connectivity index (χ2v) is 5.66. The number of nitrogens with one attached hydrogen (secondary N) is 1. The fourth-order valence-corrected chi connectivity index (χ4v) is 2.21. The van der Waals surface area contributed by atoms with E-state index in [4.69, 9.17) is 0 Å². The van der Waals surface area contributed by atoms with Crippen molar-refractivity contribution < 1.29 is 14.3 Å². The Balaban J connectivity index is 1.90. The van der Waals surface area contributed by atoms with Gasteiger partial charge in [0.15, 0.2) is 5.82 Å². The van der Waals surface area contributed by atoms with E-state index in [2.05, 4.69) is 20.3 Å². The van der Waals surface area contributed by atoms with Crippen LogP contribution in [0, 0.1) is 5.92 Å². The number of nitrogens with zero attached hydrogens (tertiary/aromatic N) is 2. The topological polar surface area (TPSA) is 81.2 Å². The van der Waals surface area contributed by atoms with Crippen molar-refractivity contribution in [2.75, 3.05) is 12.4 Å². The van der Waals surface area contributed by atoms with E-state index in [9.17, 15) is 9.59 Å². The molecule has 1 aliphatic carbocycles. The van der Waals surface area contributed by atoms with Gasteiger partial charge in [-0.15, -0.1) is 10.2 Å². The molecule has 0 aliphatic heterocycles. The SMILES string of the molecule is COC(=O)[C@H](C)Sc1ccc(NC(=O)C2CC2)nn1. The fraction of sp³-hybridized carbons (Fsp3) is 0.500. The van der Waals surface area contributed by atoms with Crippen molar-refractivity contribution >= 4 is 29.5 Å². The largest absolute Gasteiger partial charge is 0.468 e. The summed E-state index contributed by atoms with van der Waals surface area (Å²) in [7, 11) is 1.35. The maximum Gasteiger partial charge on any atom is 0.318 e. The average Bonchev–Trinajstić information content (AvgIpc) is 3.24. The first-order chi connectivity index (χ1) is 9.10. The van der Waals surface area contributed by atoms with Crippen LogP contribution in [-0.2, 0) is 14.3 Å². The Kier molecular flexibility index (Phi) is 4.36. The van der Waals surface area contributed by atoms with Crippen molar-refractivity contribution in [3.63, 3.8) is 0 Å². The van der Waals surface area contributed by atoms with Gasteiger partial charge in [0.05, 0.1) is 7.11 Å². The number of hydrogen-bond donors (Lipinski definition) is 1. The summed E-state index contributed by atoms with van der Waals surface area (Å²) in [5, 5.41) is 10.8. The lowest BCUT2D eigenvalue weighted by Crippen LogP contribution is -2.16. The van der Waals surface area contributed by atoms with Crippen LogP contribution in [0.4, 0.5) is 5.82 Å². The molecule has 1 amide bonds. The Morgan fingerprint density at radius 3 is 2.68 bits per heavy atom. The van der Waals surface area contributed by atoms with Gasteiger partial charge < -0.3 is 10.1 Å². The highest BCUT2D eigenvalue weighted by Gasteiger charge is 2.29. The van der Waals surface area contributed by atoms with Crippen LogP contribution in [0.1, 0.15) is 19.8 Å². The van der Waals surface area contributed by atoms with Crippen LogP contribution >= 0.6 is 11.8 Å². The fourth-order valence-electron chi connectivity index (χ4n) is 1.42. The minimum atomic E-state index is -0.341. The molecular formula is C12H15N3O3S. The highest BCUT2D eigenvalue weighted by Crippen LogP contribution is 2.30. The summed E-state index contributed by atoms with van der Waals surface area (Å²) in [5.74, 6) is 0.262. The molecule has 2 rings (SSSR count). The standard InChI is InChI=1S/C12H15N3O3S/c1-7(12(17)18-2)19-10-6-5-9(14-15-10)13-11(16)8-3-4-8/h5-8H,3-4H2,1-2H3,(H,13,14,16)/t7-/m0/s1. The Hall–Kier alpha value is -1.63. The van der Waals surface area contributed by atoms with Crippen LogP contribution < -0.4 is 5.32 Å². The number of rotatable bonds is 5. The van der Waals surface area contributed by atoms with Gasteiger partial charge in [-0.2, -0.15) is 0 Å². The first-order valence-corrected chi connectivity index (χ1v) is 6.87. The maximum atomic E-state index is 11.5. The number of ether oxygens (including phenoxy) is 1. The zero-order chi connectivity index (χ0) is 13.8. The number of anilines is 1. The highest BCUT2D eigenvalue weighted by atomic mass is 32.2. The van der Waals surface area contributed by atoms with E-state index in [1.807, 2.05) is 0 Å². The Morgan fingerprint density at radius 1 is 1.42 bits per heavy atom. The smallest absolute Gasteiger partial charge is 0.318 e. The van der Waals surface area contributed by atoms with Crippen LogP contribution in [0.25, 0.3) is 0 Å². The summed E-state index contributed by atoms with van der Waals surface area (Å²) < 4.78 is 4.63. The molecule has 1 saturated carbocycles. The summed E-state index contributed by atoms with van der Waals surface area (Å²) >= 11 is 1.26. The zero-order valence-electron chi connectivity index (χ0n) is 10.8. The van der Waals surface area contributed by atoms with Gasteiger partial charge in [-0.3, -0.25) is 9.59 Å². The number of carbonyl (C=O) groups excluding carboxylic acids is 2. The van der Waals surface area contributed by atoms with Gasteiger partial charge in [-0.25, -0.2) is 0 Å². The summed E-state index contributed by atoms with van der Waals surface area (Å²) in [6.45, 7) is 1.74. The highest BCUT2D eigenvalue weighted by molar-refractivity contribution is 8.00. The molecule has 7 heteroatoms. The molecule has 0 unspecified atom stereocenters. The molecule has 1 aromatic rings. The molecule has 1 N–H and O–H groups in total. The van der Waals surface area contributed by atoms with Gasteiger partial charge in [-0.05, 0) is 31.9 Å². The Morgan fingerprint density at radius 2 is 2.16 bits per heavy atom. The Bertz CT molecular complexity index is 474. The maximum absolute atomic E-state index is 11.5. The van der Waals surface area contributed by atoms with Crippen LogP contribution in [0.3, 0.4) is 0 Å². The van der Waals surface area contributed by atoms with E-state index in [0.717, 1.165) is 12.8 Å². The second kappa shape index (κ2) is 6.01. The minimum absolute atomic E-state index is 0.00219. The first-order valence-electron chi connectivity index (χ1n) is 5.99. The van der Waals surface area contributed by atoms with Crippen LogP contribution in [-0.4, -0.2) is 34.4 Å². The van der Waals surface area contributed by atoms with E-state index >= 15 is 0 Å². The molecule has 1 atom stereocenters. The molecule has 0 spiro atoms. The third kappa shape index (κ3) is 3.92. The number of methoxy groups -OCH3 is 1. The van der Waals surface area contributed by atoms with Gasteiger partial charge in [-0.1, -0.05) is 11.8 Å². The summed E-state index contributed by atoms with van der Waals surface area (Å²) in [5.41, 5.74) is 0. The lowest BCUT2D eigenvalue weighted by Gasteiger charge is -2.08. The van der Waals surface area contributed by atoms with Crippen LogP contribution in [0.5, 0.6) is 0 Å². The summed E-state index contributed by atoms with van der Waals surface area (Å²) in [6.07, 6.45) is 1.90. The van der Waals surface area contributed by atoms with Crippen molar-refractivity contribution in [2.45, 2.75) is 30.0 Å². The molecule has 0 bridgehead atoms. The lowest BCUT2D eigenvalue weighted by atomic mass is 10.4. The zero-order valence-corrected chi connectivity index (χ0v) is 11.6. The number of carbonyl (C=O) groups is 2. The van der Waals surface area contributed by atoms with Gasteiger partial charge in [0.1, 0.15) is 10.3 Å². The summed E-state index contributed by atoms with van der Waals surface area (Å²) in [6, 6.07) is 3.40. The molecule has 19 heavy (non-hydrogen) atoms. The van der Waals surface area contributed by atoms with Crippen molar-refractivity contribution in [3.8, 4) is 0 Å². The molecule has 0 saturated heterocycles. The lowest BCUT2D eigenvalue weighted by molar-refractivity contribution is -0.139. The molecular weight excluding hydrogens is 266 g/mol. The van der Waals surface area contributed by atoms with E-state index in [0.29, 0.717) is 10.8 Å². The van der Waals surface area contributed by atoms with Crippen LogP contribution in [0.2, 0.25) is 0 Å². The third-order valence-electron chi connectivity index (χ3n) is 2.67. The third-order valence-corrected chi connectivity index (χ3v) is 3.68. The van der Waals surface area contributed by atoms with Crippen molar-refractivity contribution in [1.29, 1.82) is 0 Å². The van der Waals surface area contributed by atoms with Gasteiger partial charge in [0, 0.05) is 5.92 Å². The Labute approximate surface area is 115 Å². The van der Waals surface area contributed by atoms with Gasteiger partial charge in [0.25, 0.3) is 0 Å². The average molecular weight is 281 g/mol. The predicted octanol–water partition coefficient (Wildman–Crippen LogP) is 1.48. The molecule has 102 valence electrons. The number of thioether (sulfide) groups is 1. The van der Waals surface area contributed by atoms with Crippen LogP contribution in [0.15, 0.2) is 17.2 Å². The molecule has 6 nitrogen and oxygen atoms in total. The molecule has 1 aliphatic rings. The van der Waals surface area contributed by atoms with Crippen molar-refractivity contribution in [2.24, 2.45) is 5.92 Å². The molecule has 1 aromatic heterocycles. The van der Waals surface area contributed by atoms with E-state index in [-0.39, 0.29) is 23.0 Å². The van der Waals surface area contributed by atoms with Gasteiger partial charge in [0.2, 0.25) is 5.91 Å². The molecule has 1 heterocycles. The molecule has 0 aromatic carbocycles. The second-order valence-electron chi connectivity index (χ2n) is 4.30. The van der Waals surface area contributed by atoms with E-state index in [1.54, 1.807) is 19.1 Å². The minimum Gasteiger partial charge on any atom is -0.468 e. The number of amides is 1. The summed E-state index contributed by atoms with van der Waals surface area (Å²) in [4.78, 5) is 22.8. The van der Waals surface area contributed by atoms with Crippen molar-refractivity contribution in [3.05, 3.63) is 12.1 Å². The van der Waals surface area contributed by atoms with Gasteiger partial charge >= 0.3 is 5.97 Å². The number of esters is 1. The van der Waals surface area contributed by atoms with Crippen molar-refractivity contribution in [1.82, 2.24) is 10.2 Å².